The van der Waals surface area contributed by atoms with Crippen molar-refractivity contribution in [3.8, 4) is 11.1 Å². The molecule has 2 heterocycles. The number of fused-ring (bicyclic) bond motifs is 3. The molecule has 3 N–H and O–H groups in total. The van der Waals surface area contributed by atoms with E-state index in [0.717, 1.165) is 45.7 Å². The lowest BCUT2D eigenvalue weighted by atomic mass is 9.87. The van der Waals surface area contributed by atoms with Crippen LogP contribution in [0.5, 0.6) is 0 Å². The highest BCUT2D eigenvalue weighted by molar-refractivity contribution is 7.09. The summed E-state index contributed by atoms with van der Waals surface area (Å²) >= 11 is 1.49. The van der Waals surface area contributed by atoms with Crippen LogP contribution >= 0.6 is 11.3 Å². The van der Waals surface area contributed by atoms with E-state index in [-0.39, 0.29) is 54.7 Å². The molecule has 5 amide bonds. The second-order valence-electron chi connectivity index (χ2n) is 19.5. The van der Waals surface area contributed by atoms with Gasteiger partial charge in [-0.05, 0) is 79.8 Å². The predicted molar refractivity (Wildman–Crippen MR) is 268 cm³/mol. The number of carbonyl (C=O) groups is 5. The van der Waals surface area contributed by atoms with E-state index in [2.05, 4.69) is 46.9 Å². The second kappa shape index (κ2) is 23.9. The lowest BCUT2D eigenvalue weighted by Gasteiger charge is -2.43. The Hall–Kier alpha value is -5.48. The predicted octanol–water partition coefficient (Wildman–Crippen LogP) is 7.92. The molecule has 372 valence electrons. The van der Waals surface area contributed by atoms with Crippen molar-refractivity contribution in [1.29, 1.82) is 0 Å². The number of carbonyl (C=O) groups excluding carboxylic acids is 5. The van der Waals surface area contributed by atoms with Crippen LogP contribution in [0.15, 0.2) is 90.4 Å². The van der Waals surface area contributed by atoms with Crippen LogP contribution in [0.4, 0.5) is 4.79 Å². The summed E-state index contributed by atoms with van der Waals surface area (Å²) in [6, 6.07) is 24.2. The molecule has 0 unspecified atom stereocenters. The van der Waals surface area contributed by atoms with Crippen molar-refractivity contribution in [1.82, 2.24) is 30.7 Å². The number of methoxy groups -OCH3 is 2. The van der Waals surface area contributed by atoms with Gasteiger partial charge < -0.3 is 29.7 Å². The molecule has 0 bridgehead atoms. The molecule has 14 nitrogen and oxygen atoms in total. The highest BCUT2D eigenvalue weighted by atomic mass is 32.1. The molecular weight excluding hydrogens is 893 g/mol. The van der Waals surface area contributed by atoms with Crippen molar-refractivity contribution >= 4 is 41.1 Å². The third kappa shape index (κ3) is 12.5. The van der Waals surface area contributed by atoms with E-state index >= 15 is 0 Å². The maximum atomic E-state index is 14.5. The number of hydrogen-bond donors (Lipinski definition) is 3. The van der Waals surface area contributed by atoms with E-state index in [1.54, 1.807) is 20.4 Å². The summed E-state index contributed by atoms with van der Waals surface area (Å²) in [6.45, 7) is 13.4. The summed E-state index contributed by atoms with van der Waals surface area (Å²) in [7, 11) is 5.00. The highest BCUT2D eigenvalue weighted by Gasteiger charge is 2.44. The highest BCUT2D eigenvalue weighted by Crippen LogP contribution is 2.44. The van der Waals surface area contributed by atoms with Crippen molar-refractivity contribution in [2.75, 3.05) is 34.4 Å². The van der Waals surface area contributed by atoms with E-state index in [4.69, 9.17) is 14.2 Å². The standard InChI is InChI=1S/C54H72N6O8S/c1-11-34(4)47(44(66-9)31-45(61)60-28-19-26-43(60)48(67-10)35(5)49(62)56-42(51-55-27-29-69-51)30-36-20-13-12-14-21-36)59(8)46(33(2)3)50(63)57-52(64)54(6,7)58-53(65)68-32-41-39-24-17-15-22-37(39)38-23-16-18-25-40(38)41/h12-18,20-25,27,29,33-35,41-44,46-48H,11,19,26,28,30-32H2,1-10H3,(H,56,62)(H,58,65)(H,57,63,64)/t34-,35+,42-,43-,44+,46-,47-,48+/m0/s1. The summed E-state index contributed by atoms with van der Waals surface area (Å²) in [5.74, 6) is -2.58. The zero-order valence-electron chi connectivity index (χ0n) is 41.9. The van der Waals surface area contributed by atoms with Gasteiger partial charge in [-0.25, -0.2) is 9.78 Å². The SMILES string of the molecule is CC[C@H](C)[C@@H]([C@@H](CC(=O)N1CCC[C@H]1[C@H](OC)[C@@H](C)C(=O)N[C@@H](Cc1ccccc1)c1nccs1)OC)N(C)[C@H](C(=O)NC(=O)C(C)(C)NC(=O)OCC1c2ccccc2-c2ccccc21)C(C)C. The Morgan fingerprint density at radius 3 is 2.10 bits per heavy atom. The molecule has 0 radical (unpaired) electrons. The molecule has 3 aromatic carbocycles. The number of nitrogens with one attached hydrogen (secondary N) is 3. The van der Waals surface area contributed by atoms with Gasteiger partial charge in [0, 0.05) is 44.3 Å². The molecule has 1 fully saturated rings. The van der Waals surface area contributed by atoms with Crippen LogP contribution in [-0.2, 0) is 39.8 Å². The summed E-state index contributed by atoms with van der Waals surface area (Å²) in [6.07, 6.45) is 2.51. The quantitative estimate of drug-likeness (QED) is 0.0704. The minimum absolute atomic E-state index is 0.0228. The van der Waals surface area contributed by atoms with Crippen LogP contribution in [0.1, 0.15) is 108 Å². The summed E-state index contributed by atoms with van der Waals surface area (Å²) < 4.78 is 18.0. The average molecular weight is 965 g/mol. The van der Waals surface area contributed by atoms with Crippen molar-refractivity contribution in [3.63, 3.8) is 0 Å². The van der Waals surface area contributed by atoms with Crippen molar-refractivity contribution < 1.29 is 38.2 Å². The van der Waals surface area contributed by atoms with Crippen molar-refractivity contribution in [2.45, 2.75) is 128 Å². The monoisotopic (exact) mass is 965 g/mol. The van der Waals surface area contributed by atoms with Gasteiger partial charge in [0.15, 0.2) is 0 Å². The minimum atomic E-state index is -1.51. The molecule has 69 heavy (non-hydrogen) atoms. The van der Waals surface area contributed by atoms with Crippen LogP contribution in [0.3, 0.4) is 0 Å². The van der Waals surface area contributed by atoms with E-state index in [9.17, 15) is 24.0 Å². The number of rotatable bonds is 22. The average Bonchev–Trinajstić information content (AvgIpc) is 4.11. The van der Waals surface area contributed by atoms with Gasteiger partial charge in [-0.15, -0.1) is 11.3 Å². The first kappa shape index (κ1) is 52.9. The van der Waals surface area contributed by atoms with Gasteiger partial charge in [-0.2, -0.15) is 0 Å². The molecule has 1 aromatic heterocycles. The molecule has 6 rings (SSSR count). The van der Waals surface area contributed by atoms with E-state index in [1.165, 1.54) is 25.2 Å². The zero-order chi connectivity index (χ0) is 50.0. The lowest BCUT2D eigenvalue weighted by Crippen LogP contribution is -2.62. The number of likely N-dealkylation sites (N-methyl/N-ethyl adjacent to an activating group) is 1. The molecule has 1 aliphatic carbocycles. The second-order valence-corrected chi connectivity index (χ2v) is 20.4. The fourth-order valence-electron chi connectivity index (χ4n) is 10.4. The molecule has 15 heteroatoms. The Morgan fingerprint density at radius 1 is 0.884 bits per heavy atom. The largest absolute Gasteiger partial charge is 0.449 e. The number of benzene rings is 3. The van der Waals surface area contributed by atoms with Gasteiger partial charge in [0.1, 0.15) is 17.2 Å². The summed E-state index contributed by atoms with van der Waals surface area (Å²) in [5, 5.41) is 11.2. The van der Waals surface area contributed by atoms with Gasteiger partial charge in [-0.1, -0.05) is 120 Å². The summed E-state index contributed by atoms with van der Waals surface area (Å²) in [4.78, 5) is 78.2. The van der Waals surface area contributed by atoms with Gasteiger partial charge in [-0.3, -0.25) is 29.4 Å². The number of hydrogen-bond acceptors (Lipinski definition) is 11. The normalized spacial score (nSPS) is 17.8. The Labute approximate surface area is 412 Å². The fraction of sp³-hybridized carbons (Fsp3) is 0.519. The Kier molecular flexibility index (Phi) is 18.3. The van der Waals surface area contributed by atoms with Crippen molar-refractivity contribution in [2.24, 2.45) is 17.8 Å². The van der Waals surface area contributed by atoms with Crippen LogP contribution in [0.25, 0.3) is 11.1 Å². The first-order valence-corrected chi connectivity index (χ1v) is 25.2. The number of likely N-dealkylation sites (tertiary alicyclic amines) is 1. The number of thiazole rings is 1. The zero-order valence-corrected chi connectivity index (χ0v) is 42.7. The van der Waals surface area contributed by atoms with Crippen LogP contribution in [0.2, 0.25) is 0 Å². The molecule has 0 saturated carbocycles. The Bertz CT molecular complexity index is 2320. The molecule has 1 saturated heterocycles. The number of alkyl carbamates (subject to hydrolysis) is 1. The Balaban J connectivity index is 1.09. The van der Waals surface area contributed by atoms with Crippen LogP contribution in [-0.4, -0.2) is 115 Å². The van der Waals surface area contributed by atoms with Crippen LogP contribution < -0.4 is 16.0 Å². The molecule has 1 aliphatic heterocycles. The molecule has 0 spiro atoms. The lowest BCUT2D eigenvalue weighted by molar-refractivity contribution is -0.144. The molecular formula is C54H72N6O8S. The number of nitrogens with zero attached hydrogens (tertiary/aromatic N) is 3. The minimum Gasteiger partial charge on any atom is -0.449 e. The fourth-order valence-corrected chi connectivity index (χ4v) is 11.1. The number of amides is 5. The number of imide groups is 1. The number of aromatic nitrogens is 1. The summed E-state index contributed by atoms with van der Waals surface area (Å²) in [5.41, 5.74) is 3.90. The Morgan fingerprint density at radius 2 is 1.52 bits per heavy atom. The maximum Gasteiger partial charge on any atom is 0.408 e. The first-order valence-electron chi connectivity index (χ1n) is 24.3. The smallest absolute Gasteiger partial charge is 0.408 e. The molecule has 4 aromatic rings. The third-order valence-electron chi connectivity index (χ3n) is 14.2. The first-order chi connectivity index (χ1) is 33.0. The van der Waals surface area contributed by atoms with Gasteiger partial charge in [0.25, 0.3) is 5.91 Å². The molecule has 8 atom stereocenters. The van der Waals surface area contributed by atoms with Gasteiger partial charge in [0.2, 0.25) is 17.7 Å². The maximum absolute atomic E-state index is 14.5. The van der Waals surface area contributed by atoms with Gasteiger partial charge in [0.05, 0.1) is 42.7 Å². The van der Waals surface area contributed by atoms with E-state index in [0.29, 0.717) is 19.4 Å². The topological polar surface area (TPSA) is 168 Å². The van der Waals surface area contributed by atoms with E-state index in [1.807, 2.05) is 110 Å². The number of ether oxygens (including phenoxy) is 3. The molecule has 2 aliphatic rings. The third-order valence-corrected chi connectivity index (χ3v) is 15.1. The van der Waals surface area contributed by atoms with Crippen LogP contribution in [0, 0.1) is 17.8 Å². The van der Waals surface area contributed by atoms with Gasteiger partial charge >= 0.3 is 6.09 Å². The van der Waals surface area contributed by atoms with Crippen molar-refractivity contribution in [3.05, 3.63) is 112 Å². The van der Waals surface area contributed by atoms with E-state index < -0.39 is 53.7 Å².